The van der Waals surface area contributed by atoms with Crippen LogP contribution in [-0.2, 0) is 9.59 Å². The van der Waals surface area contributed by atoms with E-state index in [1.807, 2.05) is 38.1 Å². The van der Waals surface area contributed by atoms with Crippen LogP contribution in [0.1, 0.15) is 20.3 Å². The number of rotatable bonds is 2. The monoisotopic (exact) mass is 289 g/mol. The summed E-state index contributed by atoms with van der Waals surface area (Å²) in [4.78, 5) is 25.8. The molecule has 1 saturated carbocycles. The van der Waals surface area contributed by atoms with Crippen LogP contribution in [0.25, 0.3) is 0 Å². The van der Waals surface area contributed by atoms with Crippen LogP contribution in [0.2, 0.25) is 0 Å². The summed E-state index contributed by atoms with van der Waals surface area (Å²) in [6.45, 7) is 4.81. The van der Waals surface area contributed by atoms with E-state index in [9.17, 15) is 14.7 Å². The van der Waals surface area contributed by atoms with Gasteiger partial charge in [0.05, 0.1) is 24.1 Å². The molecule has 1 aromatic carbocycles. The third-order valence-electron chi connectivity index (χ3n) is 4.57. The average molecular weight is 289 g/mol. The molecule has 1 aliphatic heterocycles. The molecule has 1 aliphatic carbocycles. The molecule has 1 aromatic rings. The molecule has 1 N–H and O–H groups in total. The summed E-state index contributed by atoms with van der Waals surface area (Å²) in [5.74, 6) is -1.36. The number of para-hydroxylation sites is 2. The highest BCUT2D eigenvalue weighted by Crippen LogP contribution is 2.59. The molecule has 0 aromatic heterocycles. The number of aliphatic carboxylic acids is 1. The lowest BCUT2D eigenvalue weighted by Gasteiger charge is -2.22. The van der Waals surface area contributed by atoms with Gasteiger partial charge in [-0.15, -0.1) is 0 Å². The van der Waals surface area contributed by atoms with Crippen molar-refractivity contribution in [2.45, 2.75) is 20.3 Å². The Balaban J connectivity index is 1.91. The van der Waals surface area contributed by atoms with Crippen molar-refractivity contribution < 1.29 is 19.4 Å². The number of carbonyl (C=O) groups is 2. The molecule has 2 unspecified atom stereocenters. The zero-order valence-electron chi connectivity index (χ0n) is 12.2. The first-order chi connectivity index (χ1) is 9.94. The van der Waals surface area contributed by atoms with Gasteiger partial charge in [0, 0.05) is 6.54 Å². The third kappa shape index (κ3) is 2.17. The van der Waals surface area contributed by atoms with Crippen molar-refractivity contribution in [1.82, 2.24) is 0 Å². The predicted molar refractivity (Wildman–Crippen MR) is 77.3 cm³/mol. The summed E-state index contributed by atoms with van der Waals surface area (Å²) in [5.41, 5.74) is 0.261. The van der Waals surface area contributed by atoms with Crippen LogP contribution < -0.4 is 9.64 Å². The highest BCUT2D eigenvalue weighted by Gasteiger charge is 2.66. The number of ether oxygens (including phenoxy) is 1. The first kappa shape index (κ1) is 13.9. The summed E-state index contributed by atoms with van der Waals surface area (Å²) in [6.07, 6.45) is 0.741. The van der Waals surface area contributed by atoms with Crippen LogP contribution in [0, 0.1) is 17.3 Å². The third-order valence-corrected chi connectivity index (χ3v) is 4.57. The number of fused-ring (bicyclic) bond motifs is 1. The van der Waals surface area contributed by atoms with E-state index < -0.39 is 23.2 Å². The molecule has 0 spiro atoms. The average Bonchev–Trinajstić information content (AvgIpc) is 3.08. The molecule has 2 aliphatic rings. The fourth-order valence-corrected chi connectivity index (χ4v) is 3.28. The summed E-state index contributed by atoms with van der Waals surface area (Å²) in [7, 11) is 0. The van der Waals surface area contributed by atoms with E-state index in [2.05, 4.69) is 0 Å². The van der Waals surface area contributed by atoms with E-state index in [1.54, 1.807) is 4.90 Å². The molecular weight excluding hydrogens is 270 g/mol. The normalized spacial score (nSPS) is 26.3. The van der Waals surface area contributed by atoms with E-state index in [0.717, 1.165) is 12.1 Å². The van der Waals surface area contributed by atoms with Crippen molar-refractivity contribution in [1.29, 1.82) is 0 Å². The van der Waals surface area contributed by atoms with E-state index in [0.29, 0.717) is 18.9 Å². The van der Waals surface area contributed by atoms with Crippen molar-refractivity contribution in [2.75, 3.05) is 18.1 Å². The zero-order valence-corrected chi connectivity index (χ0v) is 12.2. The first-order valence-electron chi connectivity index (χ1n) is 7.20. The number of benzene rings is 1. The number of nitrogens with zero attached hydrogens (tertiary/aromatic N) is 1. The van der Waals surface area contributed by atoms with Gasteiger partial charge >= 0.3 is 5.97 Å². The molecule has 1 heterocycles. The van der Waals surface area contributed by atoms with Crippen LogP contribution in [0.5, 0.6) is 5.75 Å². The predicted octanol–water partition coefficient (Wildman–Crippen LogP) is 2.16. The Morgan fingerprint density at radius 3 is 2.67 bits per heavy atom. The second-order valence-electron chi connectivity index (χ2n) is 6.27. The summed E-state index contributed by atoms with van der Waals surface area (Å²) in [6, 6.07) is 7.42. The molecule has 1 amide bonds. The molecule has 0 radical (unpaired) electrons. The lowest BCUT2D eigenvalue weighted by Crippen LogP contribution is -2.34. The molecule has 112 valence electrons. The zero-order chi connectivity index (χ0) is 15.2. The van der Waals surface area contributed by atoms with Gasteiger partial charge in [-0.2, -0.15) is 0 Å². The highest BCUT2D eigenvalue weighted by atomic mass is 16.5. The Kier molecular flexibility index (Phi) is 3.15. The summed E-state index contributed by atoms with van der Waals surface area (Å²) >= 11 is 0. The molecule has 5 nitrogen and oxygen atoms in total. The second kappa shape index (κ2) is 4.76. The van der Waals surface area contributed by atoms with Crippen molar-refractivity contribution in [3.63, 3.8) is 0 Å². The van der Waals surface area contributed by atoms with Gasteiger partial charge in [-0.3, -0.25) is 9.59 Å². The highest BCUT2D eigenvalue weighted by molar-refractivity contribution is 6.02. The lowest BCUT2D eigenvalue weighted by atomic mass is 10.1. The second-order valence-corrected chi connectivity index (χ2v) is 6.27. The Morgan fingerprint density at radius 2 is 2.00 bits per heavy atom. The van der Waals surface area contributed by atoms with Crippen molar-refractivity contribution in [3.8, 4) is 5.75 Å². The standard InChI is InChI=1S/C16H19NO4/c1-16(2)12(13(16)15(19)20)14(18)17-8-5-9-21-11-7-4-3-6-10(11)17/h3-4,6-7,12-13H,5,8-9H2,1-2H3,(H,19,20). The van der Waals surface area contributed by atoms with Gasteiger partial charge in [-0.05, 0) is 24.0 Å². The Morgan fingerprint density at radius 1 is 1.29 bits per heavy atom. The SMILES string of the molecule is CC1(C)C(C(=O)O)C1C(=O)N1CCCOc2ccccc21. The van der Waals surface area contributed by atoms with E-state index in [4.69, 9.17) is 4.74 Å². The minimum Gasteiger partial charge on any atom is -0.491 e. The fourth-order valence-electron chi connectivity index (χ4n) is 3.28. The molecule has 3 rings (SSSR count). The number of carboxylic acids is 1. The largest absolute Gasteiger partial charge is 0.491 e. The minimum atomic E-state index is -0.891. The van der Waals surface area contributed by atoms with Crippen LogP contribution in [0.4, 0.5) is 5.69 Å². The Bertz CT molecular complexity index is 596. The van der Waals surface area contributed by atoms with Gasteiger partial charge in [0.2, 0.25) is 5.91 Å². The maximum Gasteiger partial charge on any atom is 0.307 e. The molecule has 21 heavy (non-hydrogen) atoms. The molecule has 0 saturated heterocycles. The Hall–Kier alpha value is -2.04. The van der Waals surface area contributed by atoms with Gasteiger partial charge in [-0.1, -0.05) is 26.0 Å². The topological polar surface area (TPSA) is 66.8 Å². The number of carboxylic acid groups (broad SMARTS) is 1. The van der Waals surface area contributed by atoms with Crippen molar-refractivity contribution >= 4 is 17.6 Å². The van der Waals surface area contributed by atoms with E-state index >= 15 is 0 Å². The number of carbonyl (C=O) groups excluding carboxylic acids is 1. The van der Waals surface area contributed by atoms with Crippen molar-refractivity contribution in [2.24, 2.45) is 17.3 Å². The summed E-state index contributed by atoms with van der Waals surface area (Å²) < 4.78 is 5.65. The van der Waals surface area contributed by atoms with Crippen LogP contribution >= 0.6 is 0 Å². The molecule has 2 atom stereocenters. The lowest BCUT2D eigenvalue weighted by molar-refractivity contribution is -0.140. The van der Waals surface area contributed by atoms with Crippen LogP contribution in [0.3, 0.4) is 0 Å². The van der Waals surface area contributed by atoms with Crippen molar-refractivity contribution in [3.05, 3.63) is 24.3 Å². The number of amides is 1. The van der Waals surface area contributed by atoms with Gasteiger partial charge in [-0.25, -0.2) is 0 Å². The van der Waals surface area contributed by atoms with E-state index in [1.165, 1.54) is 0 Å². The molecule has 0 bridgehead atoms. The van der Waals surface area contributed by atoms with Gasteiger partial charge in [0.1, 0.15) is 5.75 Å². The summed E-state index contributed by atoms with van der Waals surface area (Å²) in [5, 5.41) is 9.26. The smallest absolute Gasteiger partial charge is 0.307 e. The first-order valence-corrected chi connectivity index (χ1v) is 7.20. The number of hydrogen-bond acceptors (Lipinski definition) is 3. The van der Waals surface area contributed by atoms with E-state index in [-0.39, 0.29) is 5.91 Å². The minimum absolute atomic E-state index is 0.106. The quantitative estimate of drug-likeness (QED) is 0.906. The molecule has 5 heteroatoms. The molecular formula is C16H19NO4. The maximum absolute atomic E-state index is 12.8. The van der Waals surface area contributed by atoms with Gasteiger partial charge < -0.3 is 14.7 Å². The maximum atomic E-state index is 12.8. The van der Waals surface area contributed by atoms with Gasteiger partial charge in [0.15, 0.2) is 0 Å². The molecule has 1 fully saturated rings. The van der Waals surface area contributed by atoms with Gasteiger partial charge in [0.25, 0.3) is 0 Å². The number of hydrogen-bond donors (Lipinski definition) is 1. The van der Waals surface area contributed by atoms with Crippen LogP contribution in [-0.4, -0.2) is 30.1 Å². The fraction of sp³-hybridized carbons (Fsp3) is 0.500. The van der Waals surface area contributed by atoms with Crippen LogP contribution in [0.15, 0.2) is 24.3 Å². The Labute approximate surface area is 123 Å². The number of anilines is 1.